The van der Waals surface area contributed by atoms with E-state index < -0.39 is 0 Å². The minimum atomic E-state index is 0. The van der Waals surface area contributed by atoms with Gasteiger partial charge in [0.25, 0.3) is 0 Å². The van der Waals surface area contributed by atoms with Crippen LogP contribution in [0, 0.1) is 7.43 Å². The fraction of sp³-hybridized carbons (Fsp3) is 0. The van der Waals surface area contributed by atoms with Crippen LogP contribution in [-0.4, -0.2) is 0 Å². The molecule has 1 heteroatoms. The van der Waals surface area contributed by atoms with Crippen molar-refractivity contribution in [2.24, 2.45) is 0 Å². The first-order valence-electron chi connectivity index (χ1n) is 3.61. The van der Waals surface area contributed by atoms with Crippen LogP contribution >= 0.6 is 0 Å². The van der Waals surface area contributed by atoms with Crippen molar-refractivity contribution in [1.82, 2.24) is 0 Å². The summed E-state index contributed by atoms with van der Waals surface area (Å²) >= 11 is 0. The molecule has 1 nitrogen and oxygen atoms in total. The maximum absolute atomic E-state index is 5.76. The molecule has 0 aliphatic heterocycles. The monoisotopic (exact) mass is 155 g/mol. The number of nitrogens with two attached hydrogens (primary N) is 1. The van der Waals surface area contributed by atoms with Crippen molar-refractivity contribution < 1.29 is 0 Å². The van der Waals surface area contributed by atoms with Gasteiger partial charge in [-0.1, -0.05) is 36.4 Å². The lowest BCUT2D eigenvalue weighted by Crippen LogP contribution is -1.84. The summed E-state index contributed by atoms with van der Waals surface area (Å²) in [4.78, 5) is 0. The van der Waals surface area contributed by atoms with Gasteiger partial charge in [-0.25, -0.2) is 0 Å². The van der Waals surface area contributed by atoms with Gasteiger partial charge in [0.05, 0.1) is 0 Å². The van der Waals surface area contributed by atoms with E-state index in [1.54, 1.807) is 0 Å². The molecule has 0 fully saturated rings. The summed E-state index contributed by atoms with van der Waals surface area (Å²) in [7, 11) is 0. The molecule has 0 atom stereocenters. The van der Waals surface area contributed by atoms with Crippen LogP contribution in [0.5, 0.6) is 0 Å². The van der Waals surface area contributed by atoms with E-state index in [1.165, 1.54) is 5.39 Å². The fourth-order valence-electron chi connectivity index (χ4n) is 1.25. The number of benzene rings is 2. The maximum Gasteiger partial charge on any atom is 0.0393 e. The second kappa shape index (κ2) is 3.26. The van der Waals surface area contributed by atoms with Gasteiger partial charge in [-0.15, -0.1) is 0 Å². The first kappa shape index (κ1) is 8.60. The van der Waals surface area contributed by atoms with Gasteiger partial charge < -0.3 is 5.73 Å². The van der Waals surface area contributed by atoms with Crippen molar-refractivity contribution in [2.75, 3.05) is 5.73 Å². The molecule has 58 valence electrons. The molecule has 0 amide bonds. The highest BCUT2D eigenvalue weighted by Gasteiger charge is 1.92. The van der Waals surface area contributed by atoms with Gasteiger partial charge in [-0.3, -0.25) is 0 Å². The van der Waals surface area contributed by atoms with E-state index in [0.29, 0.717) is 0 Å². The Bertz CT molecular complexity index is 374. The van der Waals surface area contributed by atoms with Gasteiger partial charge in [-0.05, 0) is 11.5 Å². The van der Waals surface area contributed by atoms with Crippen molar-refractivity contribution >= 4 is 16.5 Å². The molecule has 0 bridgehead atoms. The predicted octanol–water partition coefficient (Wildman–Crippen LogP) is 2.50. The average molecular weight is 155 g/mol. The summed E-state index contributed by atoms with van der Waals surface area (Å²) in [5.41, 5.74) is 6.61. The maximum atomic E-state index is 5.76. The van der Waals surface area contributed by atoms with Crippen LogP contribution in [-0.2, 0) is 0 Å². The quantitative estimate of drug-likeness (QED) is 0.581. The van der Waals surface area contributed by atoms with Crippen LogP contribution in [0.2, 0.25) is 0 Å². The molecule has 2 aromatic rings. The lowest BCUT2D eigenvalue weighted by atomic mass is 10.1. The molecule has 2 aromatic carbocycles. The molecule has 0 aromatic heterocycles. The van der Waals surface area contributed by atoms with Crippen LogP contribution in [0.4, 0.5) is 5.69 Å². The third-order valence-electron chi connectivity index (χ3n) is 1.82. The minimum Gasteiger partial charge on any atom is -0.398 e. The third kappa shape index (κ3) is 1.26. The molecule has 12 heavy (non-hydrogen) atoms. The van der Waals surface area contributed by atoms with Gasteiger partial charge in [0.1, 0.15) is 0 Å². The number of rotatable bonds is 0. The largest absolute Gasteiger partial charge is 0.398 e. The molecule has 0 spiro atoms. The molecule has 2 rings (SSSR count). The highest BCUT2D eigenvalue weighted by atomic mass is 14.5. The van der Waals surface area contributed by atoms with Crippen molar-refractivity contribution in [3.63, 3.8) is 0 Å². The Kier molecular flexibility index (Phi) is 2.34. The predicted molar refractivity (Wildman–Crippen MR) is 51.6 cm³/mol. The van der Waals surface area contributed by atoms with Crippen molar-refractivity contribution in [1.29, 1.82) is 0 Å². The van der Waals surface area contributed by atoms with E-state index in [9.17, 15) is 0 Å². The Morgan fingerprint density at radius 1 is 0.833 bits per heavy atom. The normalized spacial score (nSPS) is 9.33. The molecule has 2 N–H and O–H groups in total. The smallest absolute Gasteiger partial charge is 0.0393 e. The summed E-state index contributed by atoms with van der Waals surface area (Å²) in [6.07, 6.45) is 0. The highest BCUT2D eigenvalue weighted by molar-refractivity contribution is 5.92. The summed E-state index contributed by atoms with van der Waals surface area (Å²) in [5, 5.41) is 2.34. The van der Waals surface area contributed by atoms with Crippen molar-refractivity contribution in [3.05, 3.63) is 49.9 Å². The van der Waals surface area contributed by atoms with Crippen LogP contribution in [0.1, 0.15) is 0 Å². The molecule has 0 saturated carbocycles. The summed E-state index contributed by atoms with van der Waals surface area (Å²) < 4.78 is 0. The summed E-state index contributed by atoms with van der Waals surface area (Å²) in [5.74, 6) is 0. The lowest BCUT2D eigenvalue weighted by Gasteiger charge is -1.98. The number of hydrogen-bond donors (Lipinski definition) is 1. The van der Waals surface area contributed by atoms with Crippen LogP contribution in [0.3, 0.4) is 0 Å². The Hall–Kier alpha value is -1.50. The minimum absolute atomic E-state index is 0. The average Bonchev–Trinajstić information content (AvgIpc) is 2.06. The fourth-order valence-corrected chi connectivity index (χ4v) is 1.25. The van der Waals surface area contributed by atoms with Crippen LogP contribution < -0.4 is 5.73 Å². The SMILES string of the molecule is Nc1cccc2ccccc12.[C]. The van der Waals surface area contributed by atoms with Gasteiger partial charge in [0.2, 0.25) is 0 Å². The molecular formula is C11H9N. The zero-order valence-corrected chi connectivity index (χ0v) is 6.62. The summed E-state index contributed by atoms with van der Waals surface area (Å²) in [6, 6.07) is 14.1. The molecule has 0 aliphatic carbocycles. The van der Waals surface area contributed by atoms with E-state index >= 15 is 0 Å². The topological polar surface area (TPSA) is 26.0 Å². The first-order valence-corrected chi connectivity index (χ1v) is 3.61. The summed E-state index contributed by atoms with van der Waals surface area (Å²) in [6.45, 7) is 0. The number of hydrogen-bond acceptors (Lipinski definition) is 1. The van der Waals surface area contributed by atoms with E-state index in [2.05, 4.69) is 12.1 Å². The van der Waals surface area contributed by atoms with E-state index in [4.69, 9.17) is 5.73 Å². The lowest BCUT2D eigenvalue weighted by molar-refractivity contribution is 1.73. The van der Waals surface area contributed by atoms with Gasteiger partial charge in [0, 0.05) is 18.5 Å². The van der Waals surface area contributed by atoms with Gasteiger partial charge in [-0.2, -0.15) is 0 Å². The molecule has 0 unspecified atom stereocenters. The molecule has 0 heterocycles. The Balaban J connectivity index is 0.000000720. The highest BCUT2D eigenvalue weighted by Crippen LogP contribution is 2.19. The molecule has 0 aliphatic rings. The van der Waals surface area contributed by atoms with E-state index in [1.807, 2.05) is 30.3 Å². The van der Waals surface area contributed by atoms with Crippen molar-refractivity contribution in [2.45, 2.75) is 0 Å². The van der Waals surface area contributed by atoms with Gasteiger partial charge >= 0.3 is 0 Å². The first-order chi connectivity index (χ1) is 5.38. The Morgan fingerprint density at radius 3 is 2.25 bits per heavy atom. The number of anilines is 1. The van der Waals surface area contributed by atoms with E-state index in [0.717, 1.165) is 11.1 Å². The van der Waals surface area contributed by atoms with Crippen LogP contribution in [0.25, 0.3) is 10.8 Å². The van der Waals surface area contributed by atoms with E-state index in [-0.39, 0.29) is 7.43 Å². The molecular weight excluding hydrogens is 146 g/mol. The zero-order chi connectivity index (χ0) is 7.68. The van der Waals surface area contributed by atoms with Crippen molar-refractivity contribution in [3.8, 4) is 0 Å². The standard InChI is InChI=1S/C10H9N.C/c11-10-7-3-5-8-4-1-2-6-9(8)10;/h1-7H,11H2;. The number of fused-ring (bicyclic) bond motifs is 1. The van der Waals surface area contributed by atoms with Crippen LogP contribution in [0.15, 0.2) is 42.5 Å². The van der Waals surface area contributed by atoms with Gasteiger partial charge in [0.15, 0.2) is 0 Å². The third-order valence-corrected chi connectivity index (χ3v) is 1.82. The zero-order valence-electron chi connectivity index (χ0n) is 6.62. The second-order valence-corrected chi connectivity index (χ2v) is 2.57. The second-order valence-electron chi connectivity index (χ2n) is 2.57. The Labute approximate surface area is 72.8 Å². The molecule has 0 saturated heterocycles. The Morgan fingerprint density at radius 2 is 1.50 bits per heavy atom. The molecule has 4 radical (unpaired) electrons. The number of nitrogen functional groups attached to an aromatic ring is 1.